The fourth-order valence-electron chi connectivity index (χ4n) is 0.498. The van der Waals surface area contributed by atoms with Gasteiger partial charge in [-0.3, -0.25) is 0 Å². The van der Waals surface area contributed by atoms with E-state index in [0.29, 0.717) is 12.0 Å². The molecule has 1 atom stereocenters. The summed E-state index contributed by atoms with van der Waals surface area (Å²) in [6.45, 7) is 11.4. The molecule has 0 aliphatic rings. The van der Waals surface area contributed by atoms with Gasteiger partial charge >= 0.3 is 0 Å². The molecule has 0 heterocycles. The molecule has 8 heavy (non-hydrogen) atoms. The second kappa shape index (κ2) is 3.90. The number of hydrogen-bond donors (Lipinski definition) is 1. The Morgan fingerprint density at radius 2 is 2.00 bits per heavy atom. The van der Waals surface area contributed by atoms with Crippen LogP contribution in [0.3, 0.4) is 0 Å². The lowest BCUT2D eigenvalue weighted by Crippen LogP contribution is -2.30. The van der Waals surface area contributed by atoms with Crippen LogP contribution in [0.25, 0.3) is 0 Å². The first kappa shape index (κ1) is 7.96. The zero-order chi connectivity index (χ0) is 6.57. The van der Waals surface area contributed by atoms with Crippen LogP contribution < -0.4 is 5.32 Å². The van der Waals surface area contributed by atoms with Crippen molar-refractivity contribution in [1.82, 2.24) is 5.32 Å². The minimum Gasteiger partial charge on any atom is -0.314 e. The second-order valence-electron chi connectivity index (χ2n) is 2.41. The van der Waals surface area contributed by atoms with Gasteiger partial charge in [-0.05, 0) is 19.4 Å². The van der Waals surface area contributed by atoms with Crippen LogP contribution in [0.4, 0.5) is 0 Å². The second-order valence-corrected chi connectivity index (χ2v) is 2.41. The lowest BCUT2D eigenvalue weighted by molar-refractivity contribution is 0.473. The molecule has 0 aromatic carbocycles. The van der Waals surface area contributed by atoms with E-state index in [-0.39, 0.29) is 0 Å². The topological polar surface area (TPSA) is 12.0 Å². The van der Waals surface area contributed by atoms with E-state index in [2.05, 4.69) is 33.0 Å². The largest absolute Gasteiger partial charge is 0.314 e. The monoisotopic (exact) mass is 114 g/mol. The molecule has 0 spiro atoms. The molecule has 1 heteroatoms. The number of rotatable bonds is 3. The Bertz CT molecular complexity index is 50.3. The summed E-state index contributed by atoms with van der Waals surface area (Å²) in [6, 6.07) is 0.417. The summed E-state index contributed by atoms with van der Waals surface area (Å²) in [5.74, 6) is 0.648. The van der Waals surface area contributed by atoms with E-state index in [1.807, 2.05) is 0 Å². The van der Waals surface area contributed by atoms with Crippen molar-refractivity contribution in [3.63, 3.8) is 0 Å². The molecule has 49 valence electrons. The lowest BCUT2D eigenvalue weighted by atomic mass is 10.1. The minimum absolute atomic E-state index is 0.417. The highest BCUT2D eigenvalue weighted by atomic mass is 14.9. The molecule has 0 saturated heterocycles. The van der Waals surface area contributed by atoms with Crippen molar-refractivity contribution in [2.45, 2.75) is 26.8 Å². The zero-order valence-corrected chi connectivity index (χ0v) is 6.07. The van der Waals surface area contributed by atoms with Crippen molar-refractivity contribution in [2.75, 3.05) is 6.54 Å². The quantitative estimate of drug-likeness (QED) is 0.585. The highest BCUT2D eigenvalue weighted by molar-refractivity contribution is 4.70. The molecule has 0 amide bonds. The Hall–Kier alpha value is -0.0400. The maximum absolute atomic E-state index is 3.92. The van der Waals surface area contributed by atoms with E-state index in [9.17, 15) is 0 Å². The van der Waals surface area contributed by atoms with E-state index in [0.717, 1.165) is 6.54 Å². The van der Waals surface area contributed by atoms with Crippen molar-refractivity contribution < 1.29 is 0 Å². The summed E-state index contributed by atoms with van der Waals surface area (Å²) >= 11 is 0. The summed E-state index contributed by atoms with van der Waals surface area (Å²) in [4.78, 5) is 0. The molecule has 0 aromatic rings. The van der Waals surface area contributed by atoms with Crippen LogP contribution in [0.15, 0.2) is 0 Å². The van der Waals surface area contributed by atoms with E-state index < -0.39 is 0 Å². The Morgan fingerprint density at radius 1 is 1.50 bits per heavy atom. The molecule has 1 N–H and O–H groups in total. The van der Waals surface area contributed by atoms with Gasteiger partial charge in [0.1, 0.15) is 0 Å². The average Bonchev–Trinajstić information content (AvgIpc) is 1.67. The van der Waals surface area contributed by atoms with Crippen LogP contribution in [0.1, 0.15) is 20.8 Å². The molecular formula is C7H16N. The van der Waals surface area contributed by atoms with Crippen molar-refractivity contribution >= 4 is 0 Å². The van der Waals surface area contributed by atoms with Gasteiger partial charge < -0.3 is 5.32 Å². The smallest absolute Gasteiger partial charge is 0.00905 e. The normalized spacial score (nSPS) is 14.6. The summed E-state index contributed by atoms with van der Waals surface area (Å²) in [7, 11) is 0. The Morgan fingerprint density at radius 3 is 2.12 bits per heavy atom. The molecule has 0 aliphatic heterocycles. The van der Waals surface area contributed by atoms with Crippen LogP contribution in [0.5, 0.6) is 0 Å². The highest BCUT2D eigenvalue weighted by Crippen LogP contribution is 1.97. The van der Waals surface area contributed by atoms with Crippen LogP contribution in [-0.4, -0.2) is 12.6 Å². The minimum atomic E-state index is 0.417. The van der Waals surface area contributed by atoms with Crippen molar-refractivity contribution in [2.24, 2.45) is 5.92 Å². The van der Waals surface area contributed by atoms with E-state index >= 15 is 0 Å². The molecule has 1 unspecified atom stereocenters. The maximum atomic E-state index is 3.92. The number of nitrogens with one attached hydrogen (secondary N) is 1. The van der Waals surface area contributed by atoms with Gasteiger partial charge in [0.05, 0.1) is 0 Å². The first-order valence-corrected chi connectivity index (χ1v) is 3.25. The van der Waals surface area contributed by atoms with Gasteiger partial charge in [0.15, 0.2) is 0 Å². The van der Waals surface area contributed by atoms with E-state index in [1.165, 1.54) is 0 Å². The van der Waals surface area contributed by atoms with Gasteiger partial charge in [0, 0.05) is 6.04 Å². The predicted octanol–water partition coefficient (Wildman–Crippen LogP) is 1.45. The number of hydrogen-bond acceptors (Lipinski definition) is 1. The Balaban J connectivity index is 3.17. The first-order valence-electron chi connectivity index (χ1n) is 3.25. The van der Waals surface area contributed by atoms with Gasteiger partial charge in [0.2, 0.25) is 0 Å². The SMILES string of the molecule is [CH2]C(NCC)C(C)C. The fraction of sp³-hybridized carbons (Fsp3) is 0.857. The van der Waals surface area contributed by atoms with Crippen molar-refractivity contribution in [3.8, 4) is 0 Å². The molecule has 0 rings (SSSR count). The molecule has 0 fully saturated rings. The van der Waals surface area contributed by atoms with Crippen molar-refractivity contribution in [3.05, 3.63) is 6.92 Å². The van der Waals surface area contributed by atoms with Gasteiger partial charge in [0.25, 0.3) is 0 Å². The van der Waals surface area contributed by atoms with E-state index in [1.54, 1.807) is 0 Å². The van der Waals surface area contributed by atoms with Gasteiger partial charge in [-0.15, -0.1) is 0 Å². The van der Waals surface area contributed by atoms with Crippen LogP contribution in [-0.2, 0) is 0 Å². The Kier molecular flexibility index (Phi) is 3.88. The molecule has 0 aromatic heterocycles. The molecule has 1 radical (unpaired) electrons. The third kappa shape index (κ3) is 3.03. The third-order valence-corrected chi connectivity index (χ3v) is 1.27. The Labute approximate surface area is 52.5 Å². The zero-order valence-electron chi connectivity index (χ0n) is 6.07. The molecule has 0 aliphatic carbocycles. The summed E-state index contributed by atoms with van der Waals surface area (Å²) in [5, 5.41) is 3.23. The summed E-state index contributed by atoms with van der Waals surface area (Å²) in [5.41, 5.74) is 0. The van der Waals surface area contributed by atoms with Gasteiger partial charge in [-0.1, -0.05) is 20.8 Å². The highest BCUT2D eigenvalue weighted by Gasteiger charge is 2.02. The summed E-state index contributed by atoms with van der Waals surface area (Å²) in [6.07, 6.45) is 0. The van der Waals surface area contributed by atoms with Crippen molar-refractivity contribution in [1.29, 1.82) is 0 Å². The van der Waals surface area contributed by atoms with Gasteiger partial charge in [-0.2, -0.15) is 0 Å². The first-order chi connectivity index (χ1) is 3.68. The predicted molar refractivity (Wildman–Crippen MR) is 37.7 cm³/mol. The summed E-state index contributed by atoms with van der Waals surface area (Å²) < 4.78 is 0. The third-order valence-electron chi connectivity index (χ3n) is 1.27. The molecule has 0 saturated carbocycles. The standard InChI is InChI=1S/C7H16N/c1-5-8-7(4)6(2)3/h6-8H,4-5H2,1-3H3. The molecular weight excluding hydrogens is 98.1 g/mol. The fourth-order valence-corrected chi connectivity index (χ4v) is 0.498. The van der Waals surface area contributed by atoms with Crippen LogP contribution >= 0.6 is 0 Å². The molecule has 0 bridgehead atoms. The van der Waals surface area contributed by atoms with E-state index in [4.69, 9.17) is 0 Å². The van der Waals surface area contributed by atoms with Crippen LogP contribution in [0.2, 0.25) is 0 Å². The maximum Gasteiger partial charge on any atom is 0.00905 e. The lowest BCUT2D eigenvalue weighted by Gasteiger charge is -2.14. The average molecular weight is 114 g/mol. The molecule has 1 nitrogen and oxygen atoms in total. The van der Waals surface area contributed by atoms with Crippen LogP contribution in [0, 0.1) is 12.8 Å². The van der Waals surface area contributed by atoms with Gasteiger partial charge in [-0.25, -0.2) is 0 Å².